The number of nitriles is 1. The molecule has 9 nitrogen and oxygen atoms in total. The Balaban J connectivity index is 1.14. The maximum Gasteiger partial charge on any atom is 0.255 e. The first-order chi connectivity index (χ1) is 16.6. The van der Waals surface area contributed by atoms with Gasteiger partial charge < -0.3 is 11.1 Å². The lowest BCUT2D eigenvalue weighted by molar-refractivity contribution is 0.0936. The number of hydrogen-bond donors (Lipinski definition) is 2. The van der Waals surface area contributed by atoms with E-state index in [-0.39, 0.29) is 17.3 Å². The van der Waals surface area contributed by atoms with Crippen LogP contribution in [-0.2, 0) is 6.54 Å². The number of nitrogens with zero attached hydrogens (tertiary/aromatic N) is 6. The fraction of sp³-hybridized carbons (Fsp3) is 0.292. The molecule has 34 heavy (non-hydrogen) atoms. The summed E-state index contributed by atoms with van der Waals surface area (Å²) in [6.45, 7) is 3.44. The Labute approximate surface area is 200 Å². The Morgan fingerprint density at radius 2 is 2.09 bits per heavy atom. The van der Waals surface area contributed by atoms with Crippen LogP contribution < -0.4 is 11.1 Å². The molecule has 0 radical (unpaired) electrons. The second-order valence-corrected chi connectivity index (χ2v) is 9.49. The molecule has 10 heteroatoms. The maximum absolute atomic E-state index is 12.9. The topological polar surface area (TPSA) is 125 Å². The number of rotatable bonds is 6. The monoisotopic (exact) mass is 472 g/mol. The maximum atomic E-state index is 12.9. The standard InChI is InChI=1S/C24H24N8OS/c25-12-21-19(26)11-18(22-28-7-10-32(21)22)23(33)29-13-16-4-8-31(9-5-16)15-17-14-30-24(34-17)20-3-1-2-6-27-20/h1-3,6-7,10-11,14,16H,4-5,8-9,13,15,26H2,(H,29,33). The molecule has 1 aliphatic heterocycles. The fourth-order valence-corrected chi connectivity index (χ4v) is 5.22. The van der Waals surface area contributed by atoms with Crippen molar-refractivity contribution in [1.82, 2.24) is 29.6 Å². The molecule has 4 aromatic rings. The van der Waals surface area contributed by atoms with E-state index in [4.69, 9.17) is 5.73 Å². The molecule has 1 amide bonds. The number of imidazole rings is 1. The molecule has 0 aromatic carbocycles. The number of nitrogens with one attached hydrogen (secondary N) is 1. The number of piperidine rings is 1. The molecule has 0 unspecified atom stereocenters. The van der Waals surface area contributed by atoms with Crippen molar-refractivity contribution in [2.45, 2.75) is 19.4 Å². The van der Waals surface area contributed by atoms with Gasteiger partial charge in [0.15, 0.2) is 5.65 Å². The third-order valence-corrected chi connectivity index (χ3v) is 7.13. The number of carbonyl (C=O) groups excluding carboxylic acids is 1. The van der Waals surface area contributed by atoms with Gasteiger partial charge in [0.2, 0.25) is 0 Å². The average molecular weight is 473 g/mol. The molecule has 0 spiro atoms. The van der Waals surface area contributed by atoms with Gasteiger partial charge in [-0.1, -0.05) is 6.07 Å². The first kappa shape index (κ1) is 22.0. The van der Waals surface area contributed by atoms with E-state index in [1.807, 2.05) is 24.4 Å². The van der Waals surface area contributed by atoms with E-state index in [2.05, 4.69) is 31.2 Å². The number of hydrogen-bond acceptors (Lipinski definition) is 8. The van der Waals surface area contributed by atoms with Gasteiger partial charge in [-0.2, -0.15) is 5.26 Å². The summed E-state index contributed by atoms with van der Waals surface area (Å²) < 4.78 is 1.56. The number of aromatic nitrogens is 4. The van der Waals surface area contributed by atoms with E-state index in [1.54, 1.807) is 34.3 Å². The van der Waals surface area contributed by atoms with E-state index in [0.717, 1.165) is 43.2 Å². The first-order valence-electron chi connectivity index (χ1n) is 11.1. The second-order valence-electron chi connectivity index (χ2n) is 8.37. The van der Waals surface area contributed by atoms with Gasteiger partial charge in [-0.05, 0) is 50.0 Å². The minimum absolute atomic E-state index is 0.221. The van der Waals surface area contributed by atoms with Crippen LogP contribution in [0.3, 0.4) is 0 Å². The predicted molar refractivity (Wildman–Crippen MR) is 130 cm³/mol. The lowest BCUT2D eigenvalue weighted by Gasteiger charge is -2.31. The molecule has 5 rings (SSSR count). The number of anilines is 1. The molecule has 4 aromatic heterocycles. The smallest absolute Gasteiger partial charge is 0.255 e. The molecule has 0 saturated carbocycles. The zero-order valence-corrected chi connectivity index (χ0v) is 19.3. The number of fused-ring (bicyclic) bond motifs is 1. The van der Waals surface area contributed by atoms with Crippen LogP contribution in [0.2, 0.25) is 0 Å². The summed E-state index contributed by atoms with van der Waals surface area (Å²) >= 11 is 1.69. The number of pyridine rings is 2. The predicted octanol–water partition coefficient (Wildman–Crippen LogP) is 2.95. The highest BCUT2D eigenvalue weighted by molar-refractivity contribution is 7.14. The Hall–Kier alpha value is -3.81. The van der Waals surface area contributed by atoms with Crippen LogP contribution in [0.5, 0.6) is 0 Å². The third-order valence-electron chi connectivity index (χ3n) is 6.12. The molecule has 172 valence electrons. The van der Waals surface area contributed by atoms with E-state index >= 15 is 0 Å². The number of nitrogen functional groups attached to an aromatic ring is 1. The van der Waals surface area contributed by atoms with Crippen LogP contribution in [0, 0.1) is 17.2 Å². The van der Waals surface area contributed by atoms with Crippen molar-refractivity contribution in [2.75, 3.05) is 25.4 Å². The van der Waals surface area contributed by atoms with Crippen molar-refractivity contribution >= 4 is 28.6 Å². The van der Waals surface area contributed by atoms with Crippen LogP contribution in [0.25, 0.3) is 16.3 Å². The van der Waals surface area contributed by atoms with Gasteiger partial charge >= 0.3 is 0 Å². The second kappa shape index (κ2) is 9.59. The van der Waals surface area contributed by atoms with Crippen molar-refractivity contribution < 1.29 is 4.79 Å². The van der Waals surface area contributed by atoms with Crippen LogP contribution in [-0.4, -0.2) is 49.8 Å². The van der Waals surface area contributed by atoms with Crippen LogP contribution >= 0.6 is 11.3 Å². The van der Waals surface area contributed by atoms with Crippen molar-refractivity contribution in [3.05, 3.63) is 65.2 Å². The Kier molecular flexibility index (Phi) is 6.20. The quantitative estimate of drug-likeness (QED) is 0.442. The molecule has 3 N–H and O–H groups in total. The van der Waals surface area contributed by atoms with Gasteiger partial charge in [0.1, 0.15) is 16.8 Å². The van der Waals surface area contributed by atoms with Gasteiger partial charge in [0.05, 0.1) is 16.9 Å². The normalized spacial score (nSPS) is 14.8. The van der Waals surface area contributed by atoms with E-state index < -0.39 is 0 Å². The summed E-state index contributed by atoms with van der Waals surface area (Å²) in [5.41, 5.74) is 8.26. The number of likely N-dealkylation sites (tertiary alicyclic amines) is 1. The Morgan fingerprint density at radius 3 is 2.85 bits per heavy atom. The average Bonchev–Trinajstić information content (AvgIpc) is 3.54. The van der Waals surface area contributed by atoms with Crippen molar-refractivity contribution in [3.8, 4) is 16.8 Å². The van der Waals surface area contributed by atoms with E-state index in [1.165, 1.54) is 10.9 Å². The summed E-state index contributed by atoms with van der Waals surface area (Å²) in [6.07, 6.45) is 8.96. The lowest BCUT2D eigenvalue weighted by atomic mass is 9.96. The summed E-state index contributed by atoms with van der Waals surface area (Å²) in [5.74, 6) is 0.193. The highest BCUT2D eigenvalue weighted by atomic mass is 32.1. The number of carbonyl (C=O) groups is 1. The van der Waals surface area contributed by atoms with Crippen LogP contribution in [0.4, 0.5) is 5.69 Å². The zero-order valence-electron chi connectivity index (χ0n) is 18.5. The van der Waals surface area contributed by atoms with Gasteiger partial charge in [-0.15, -0.1) is 11.3 Å². The van der Waals surface area contributed by atoms with E-state index in [9.17, 15) is 10.1 Å². The molecular formula is C24H24N8OS. The molecule has 1 saturated heterocycles. The third kappa shape index (κ3) is 4.48. The molecule has 0 aliphatic carbocycles. The number of nitrogens with two attached hydrogens (primary N) is 1. The van der Waals surface area contributed by atoms with Crippen LogP contribution in [0.1, 0.15) is 33.8 Å². The SMILES string of the molecule is N#Cc1c(N)cc(C(=O)NCC2CCN(Cc3cnc(-c4ccccn4)s3)CC2)c2nccn12. The van der Waals surface area contributed by atoms with Crippen molar-refractivity contribution in [2.24, 2.45) is 5.92 Å². The fourth-order valence-electron chi connectivity index (χ4n) is 4.29. The van der Waals surface area contributed by atoms with Crippen molar-refractivity contribution in [1.29, 1.82) is 5.26 Å². The van der Waals surface area contributed by atoms with Gasteiger partial charge in [-0.3, -0.25) is 19.1 Å². The highest BCUT2D eigenvalue weighted by Crippen LogP contribution is 2.26. The minimum atomic E-state index is -0.221. The summed E-state index contributed by atoms with van der Waals surface area (Å²) in [6, 6.07) is 9.45. The Bertz CT molecular complexity index is 1350. The summed E-state index contributed by atoms with van der Waals surface area (Å²) in [5, 5.41) is 13.3. The lowest BCUT2D eigenvalue weighted by Crippen LogP contribution is -2.38. The van der Waals surface area contributed by atoms with Gasteiger partial charge in [-0.25, -0.2) is 9.97 Å². The molecule has 1 aliphatic rings. The highest BCUT2D eigenvalue weighted by Gasteiger charge is 2.22. The molecule has 0 bridgehead atoms. The molecular weight excluding hydrogens is 448 g/mol. The summed E-state index contributed by atoms with van der Waals surface area (Å²) in [4.78, 5) is 29.7. The van der Waals surface area contributed by atoms with Crippen LogP contribution in [0.15, 0.2) is 49.1 Å². The van der Waals surface area contributed by atoms with Gasteiger partial charge in [0, 0.05) is 42.8 Å². The van der Waals surface area contributed by atoms with Gasteiger partial charge in [0.25, 0.3) is 5.91 Å². The largest absolute Gasteiger partial charge is 0.396 e. The summed E-state index contributed by atoms with van der Waals surface area (Å²) in [7, 11) is 0. The molecule has 0 atom stereocenters. The van der Waals surface area contributed by atoms with Crippen molar-refractivity contribution in [3.63, 3.8) is 0 Å². The van der Waals surface area contributed by atoms with E-state index in [0.29, 0.717) is 23.7 Å². The Morgan fingerprint density at radius 1 is 1.24 bits per heavy atom. The number of thiazole rings is 1. The number of amides is 1. The molecule has 1 fully saturated rings. The minimum Gasteiger partial charge on any atom is -0.396 e. The zero-order chi connectivity index (χ0) is 23.5. The molecule has 5 heterocycles. The first-order valence-corrected chi connectivity index (χ1v) is 12.0.